The summed E-state index contributed by atoms with van der Waals surface area (Å²) in [7, 11) is 0. The lowest BCUT2D eigenvalue weighted by molar-refractivity contribution is -0.134. The van der Waals surface area contributed by atoms with Crippen LogP contribution in [0, 0.1) is 0 Å². The molecule has 1 amide bonds. The van der Waals surface area contributed by atoms with Crippen LogP contribution in [0.25, 0.3) is 0 Å². The highest BCUT2D eigenvalue weighted by molar-refractivity contribution is 5.82. The molecule has 0 aliphatic carbocycles. The summed E-state index contributed by atoms with van der Waals surface area (Å²) in [5.41, 5.74) is 6.47. The van der Waals surface area contributed by atoms with Crippen LogP contribution in [0.5, 0.6) is 11.5 Å². The van der Waals surface area contributed by atoms with Gasteiger partial charge in [-0.25, -0.2) is 0 Å². The highest BCUT2D eigenvalue weighted by Crippen LogP contribution is 2.34. The van der Waals surface area contributed by atoms with Crippen LogP contribution >= 0.6 is 0 Å². The average Bonchev–Trinajstić information content (AvgIpc) is 3.14. The molecular formula is C14H18N2O4. The van der Waals surface area contributed by atoms with Gasteiger partial charge in [-0.1, -0.05) is 6.07 Å². The normalized spacial score (nSPS) is 20.0. The summed E-state index contributed by atoms with van der Waals surface area (Å²) >= 11 is 0. The third-order valence-corrected chi connectivity index (χ3v) is 3.78. The number of rotatable bonds is 3. The van der Waals surface area contributed by atoms with Gasteiger partial charge in [0, 0.05) is 13.1 Å². The van der Waals surface area contributed by atoms with E-state index in [1.165, 1.54) is 0 Å². The molecule has 108 valence electrons. The quantitative estimate of drug-likeness (QED) is 0.837. The van der Waals surface area contributed by atoms with E-state index in [1.807, 2.05) is 0 Å². The first-order valence-corrected chi connectivity index (χ1v) is 6.79. The second-order valence-corrected chi connectivity index (χ2v) is 5.12. The predicted molar refractivity (Wildman–Crippen MR) is 71.3 cm³/mol. The van der Waals surface area contributed by atoms with E-state index in [1.54, 1.807) is 23.1 Å². The van der Waals surface area contributed by atoms with Crippen LogP contribution in [0.2, 0.25) is 0 Å². The van der Waals surface area contributed by atoms with E-state index in [2.05, 4.69) is 0 Å². The minimum absolute atomic E-state index is 0.174. The van der Waals surface area contributed by atoms with Gasteiger partial charge in [0.1, 0.15) is 12.1 Å². The summed E-state index contributed by atoms with van der Waals surface area (Å²) < 4.78 is 10.5. The van der Waals surface area contributed by atoms with Crippen molar-refractivity contribution in [2.24, 2.45) is 5.73 Å². The Balaban J connectivity index is 1.74. The molecule has 2 aliphatic rings. The predicted octanol–water partition coefficient (Wildman–Crippen LogP) is 0.398. The first kappa shape index (κ1) is 13.2. The Morgan fingerprint density at radius 2 is 2.00 bits per heavy atom. The second-order valence-electron chi connectivity index (χ2n) is 5.12. The molecule has 6 nitrogen and oxygen atoms in total. The van der Waals surface area contributed by atoms with Crippen molar-refractivity contribution in [3.05, 3.63) is 23.8 Å². The van der Waals surface area contributed by atoms with Crippen molar-refractivity contribution in [1.29, 1.82) is 0 Å². The van der Waals surface area contributed by atoms with Crippen molar-refractivity contribution in [3.8, 4) is 11.5 Å². The van der Waals surface area contributed by atoms with Gasteiger partial charge in [-0.05, 0) is 30.5 Å². The smallest absolute Gasteiger partial charge is 0.242 e. The van der Waals surface area contributed by atoms with Crippen LogP contribution in [0.1, 0.15) is 24.5 Å². The number of aliphatic hydroxyl groups excluding tert-OH is 1. The summed E-state index contributed by atoms with van der Waals surface area (Å²) in [5, 5.41) is 10.3. The Bertz CT molecular complexity index is 514. The summed E-state index contributed by atoms with van der Waals surface area (Å²) in [4.78, 5) is 13.9. The number of nitrogens with zero attached hydrogens (tertiary/aromatic N) is 1. The van der Waals surface area contributed by atoms with Crippen LogP contribution in [-0.4, -0.2) is 41.8 Å². The molecule has 1 aromatic carbocycles. The third-order valence-electron chi connectivity index (χ3n) is 3.78. The van der Waals surface area contributed by atoms with Gasteiger partial charge < -0.3 is 25.2 Å². The standard InChI is InChI=1S/C14H18N2O4/c15-12(14(18)16-5-1-2-6-16)13(17)9-3-4-10-11(7-9)20-8-19-10/h3-4,7,12-13,17H,1-2,5-6,8,15H2/t12-,13+/m0/s1/i13+2. The Morgan fingerprint density at radius 3 is 2.75 bits per heavy atom. The van der Waals surface area contributed by atoms with Crippen molar-refractivity contribution in [1.82, 2.24) is 4.90 Å². The Morgan fingerprint density at radius 1 is 1.30 bits per heavy atom. The fraction of sp³-hybridized carbons (Fsp3) is 0.500. The second kappa shape index (κ2) is 5.30. The molecule has 2 aliphatic heterocycles. The van der Waals surface area contributed by atoms with E-state index >= 15 is 0 Å². The van der Waals surface area contributed by atoms with Gasteiger partial charge in [0.05, 0.1) is 0 Å². The van der Waals surface area contributed by atoms with Crippen molar-refractivity contribution >= 4 is 5.91 Å². The molecule has 6 heteroatoms. The molecule has 0 bridgehead atoms. The molecular weight excluding hydrogens is 262 g/mol. The highest BCUT2D eigenvalue weighted by Gasteiger charge is 2.30. The van der Waals surface area contributed by atoms with E-state index in [9.17, 15) is 9.90 Å². The SMILES string of the molecule is N[C@H](C(=O)N1CCCC1)[14C@H](O)c1ccc2c(c1)OCO2. The first-order chi connectivity index (χ1) is 9.66. The third kappa shape index (κ3) is 2.32. The minimum Gasteiger partial charge on any atom is -0.454 e. The fourth-order valence-electron chi connectivity index (χ4n) is 2.59. The van der Waals surface area contributed by atoms with Gasteiger partial charge in [-0.2, -0.15) is 0 Å². The number of amides is 1. The van der Waals surface area contributed by atoms with Gasteiger partial charge in [0.15, 0.2) is 11.5 Å². The lowest BCUT2D eigenvalue weighted by Crippen LogP contribution is -2.45. The lowest BCUT2D eigenvalue weighted by Gasteiger charge is -2.24. The zero-order chi connectivity index (χ0) is 14.1. The van der Waals surface area contributed by atoms with Crippen LogP contribution in [0.3, 0.4) is 0 Å². The number of aliphatic hydroxyl groups is 1. The van der Waals surface area contributed by atoms with E-state index in [4.69, 9.17) is 15.2 Å². The number of hydrogen-bond acceptors (Lipinski definition) is 5. The number of benzene rings is 1. The summed E-state index contributed by atoms with van der Waals surface area (Å²) in [5.74, 6) is 1.01. The number of nitrogens with two attached hydrogens (primary N) is 1. The van der Waals surface area contributed by atoms with Crippen molar-refractivity contribution in [2.75, 3.05) is 19.9 Å². The number of fused-ring (bicyclic) bond motifs is 1. The average molecular weight is 280 g/mol. The largest absolute Gasteiger partial charge is 0.454 e. The van der Waals surface area contributed by atoms with Crippen LogP contribution in [-0.2, 0) is 4.79 Å². The fourth-order valence-corrected chi connectivity index (χ4v) is 2.59. The lowest BCUT2D eigenvalue weighted by atomic mass is 10.2. The van der Waals surface area contributed by atoms with E-state index in [0.29, 0.717) is 17.1 Å². The number of likely N-dealkylation sites (tertiary alicyclic amines) is 1. The van der Waals surface area contributed by atoms with Crippen LogP contribution in [0.4, 0.5) is 0 Å². The number of carbonyl (C=O) groups is 1. The van der Waals surface area contributed by atoms with Crippen molar-refractivity contribution in [3.63, 3.8) is 0 Å². The molecule has 3 rings (SSSR count). The number of hydrogen-bond donors (Lipinski definition) is 2. The topological polar surface area (TPSA) is 85.0 Å². The molecule has 1 fully saturated rings. The van der Waals surface area contributed by atoms with Crippen LogP contribution < -0.4 is 15.2 Å². The van der Waals surface area contributed by atoms with Gasteiger partial charge in [0.2, 0.25) is 12.7 Å². The monoisotopic (exact) mass is 280 g/mol. The molecule has 0 spiro atoms. The van der Waals surface area contributed by atoms with Gasteiger partial charge in [0.25, 0.3) is 0 Å². The molecule has 0 saturated carbocycles. The summed E-state index contributed by atoms with van der Waals surface area (Å²) in [6, 6.07) is 4.14. The van der Waals surface area contributed by atoms with Crippen molar-refractivity contribution in [2.45, 2.75) is 25.0 Å². The zero-order valence-electron chi connectivity index (χ0n) is 11.1. The maximum atomic E-state index is 12.2. The Hall–Kier alpha value is -1.79. The molecule has 0 radical (unpaired) electrons. The summed E-state index contributed by atoms with van der Waals surface area (Å²) in [6.07, 6.45) is 0.953. The molecule has 0 unspecified atom stereocenters. The molecule has 2 heterocycles. The van der Waals surface area contributed by atoms with E-state index in [-0.39, 0.29) is 12.7 Å². The maximum Gasteiger partial charge on any atom is 0.242 e. The Labute approximate surface area is 117 Å². The van der Waals surface area contributed by atoms with E-state index in [0.717, 1.165) is 25.9 Å². The molecule has 20 heavy (non-hydrogen) atoms. The van der Waals surface area contributed by atoms with Crippen LogP contribution in [0.15, 0.2) is 18.2 Å². The first-order valence-electron chi connectivity index (χ1n) is 6.79. The highest BCUT2D eigenvalue weighted by atomic mass is 16.7. The molecule has 0 aromatic heterocycles. The Kier molecular flexibility index (Phi) is 3.50. The van der Waals surface area contributed by atoms with Gasteiger partial charge >= 0.3 is 0 Å². The molecule has 1 aromatic rings. The molecule has 3 N–H and O–H groups in total. The summed E-state index contributed by atoms with van der Waals surface area (Å²) in [6.45, 7) is 1.62. The van der Waals surface area contributed by atoms with Crippen molar-refractivity contribution < 1.29 is 19.4 Å². The van der Waals surface area contributed by atoms with Gasteiger partial charge in [-0.3, -0.25) is 4.79 Å². The maximum absolute atomic E-state index is 12.2. The number of carbonyl (C=O) groups excluding carboxylic acids is 1. The zero-order valence-corrected chi connectivity index (χ0v) is 11.1. The van der Waals surface area contributed by atoms with Gasteiger partial charge in [-0.15, -0.1) is 0 Å². The minimum atomic E-state index is -1.04. The molecule has 2 atom stereocenters. The molecule has 1 saturated heterocycles. The number of ether oxygens (including phenoxy) is 2. The van der Waals surface area contributed by atoms with E-state index < -0.39 is 12.1 Å².